The Morgan fingerprint density at radius 1 is 1.69 bits per heavy atom. The second-order valence-corrected chi connectivity index (χ2v) is 3.62. The average molecular weight is 185 g/mol. The first-order valence-electron chi connectivity index (χ1n) is 5.00. The minimum Gasteiger partial charge on any atom is -0.352 e. The van der Waals surface area contributed by atoms with E-state index in [1.54, 1.807) is 0 Å². The van der Waals surface area contributed by atoms with Crippen molar-refractivity contribution in [2.24, 2.45) is 11.7 Å². The van der Waals surface area contributed by atoms with Crippen LogP contribution in [-0.2, 0) is 0 Å². The molecule has 4 heteroatoms. The fourth-order valence-electron chi connectivity index (χ4n) is 1.96. The summed E-state index contributed by atoms with van der Waals surface area (Å²) in [6, 6.07) is -0.0199. The molecule has 4 N–H and O–H groups in total. The Bertz CT molecular complexity index is 172. The third kappa shape index (κ3) is 3.22. The molecule has 1 aliphatic rings. The van der Waals surface area contributed by atoms with Crippen LogP contribution < -0.4 is 16.4 Å². The molecule has 0 saturated carbocycles. The van der Waals surface area contributed by atoms with Gasteiger partial charge in [-0.2, -0.15) is 0 Å². The zero-order chi connectivity index (χ0) is 9.68. The third-order valence-electron chi connectivity index (χ3n) is 2.75. The number of nitrogens with two attached hydrogens (primary N) is 1. The highest BCUT2D eigenvalue weighted by atomic mass is 16.2. The summed E-state index contributed by atoms with van der Waals surface area (Å²) >= 11 is 0. The summed E-state index contributed by atoms with van der Waals surface area (Å²) in [7, 11) is 0. The molecule has 4 nitrogen and oxygen atoms in total. The van der Waals surface area contributed by atoms with Crippen molar-refractivity contribution in [1.29, 1.82) is 0 Å². The summed E-state index contributed by atoms with van der Waals surface area (Å²) in [6.45, 7) is 3.91. The predicted molar refractivity (Wildman–Crippen MR) is 52.4 cm³/mol. The fourth-order valence-corrected chi connectivity index (χ4v) is 1.96. The lowest BCUT2D eigenvalue weighted by Crippen LogP contribution is -2.49. The zero-order valence-electron chi connectivity index (χ0n) is 8.18. The van der Waals surface area contributed by atoms with Crippen LogP contribution in [0.25, 0.3) is 0 Å². The first-order valence-corrected chi connectivity index (χ1v) is 5.00. The van der Waals surface area contributed by atoms with Gasteiger partial charge in [0, 0.05) is 12.6 Å². The third-order valence-corrected chi connectivity index (χ3v) is 2.75. The van der Waals surface area contributed by atoms with Crippen LogP contribution in [0.1, 0.15) is 26.2 Å². The van der Waals surface area contributed by atoms with Gasteiger partial charge in [0.1, 0.15) is 0 Å². The van der Waals surface area contributed by atoms with E-state index in [0.717, 1.165) is 13.0 Å². The smallest absolute Gasteiger partial charge is 0.312 e. The van der Waals surface area contributed by atoms with E-state index < -0.39 is 6.03 Å². The van der Waals surface area contributed by atoms with Crippen LogP contribution in [0, 0.1) is 5.92 Å². The molecule has 13 heavy (non-hydrogen) atoms. The zero-order valence-corrected chi connectivity index (χ0v) is 8.18. The van der Waals surface area contributed by atoms with Gasteiger partial charge in [-0.3, -0.25) is 0 Å². The van der Waals surface area contributed by atoms with Crippen molar-refractivity contribution < 1.29 is 4.79 Å². The van der Waals surface area contributed by atoms with Gasteiger partial charge >= 0.3 is 6.03 Å². The minimum absolute atomic E-state index is 0.409. The molecule has 1 rings (SSSR count). The van der Waals surface area contributed by atoms with Crippen LogP contribution in [0.4, 0.5) is 4.79 Å². The van der Waals surface area contributed by atoms with E-state index >= 15 is 0 Å². The topological polar surface area (TPSA) is 67.2 Å². The standard InChI is InChI=1S/C9H19N3O/c1-2-7-4-3-5-11-8(7)6-12-9(10)13/h7-8,11H,2-6H2,1H3,(H3,10,12,13). The minimum atomic E-state index is -0.428. The maximum absolute atomic E-state index is 10.5. The van der Waals surface area contributed by atoms with Crippen LogP contribution in [0.2, 0.25) is 0 Å². The van der Waals surface area contributed by atoms with Crippen LogP contribution >= 0.6 is 0 Å². The van der Waals surface area contributed by atoms with Gasteiger partial charge in [-0.15, -0.1) is 0 Å². The van der Waals surface area contributed by atoms with Crippen molar-refractivity contribution in [2.75, 3.05) is 13.1 Å². The number of hydrogen-bond acceptors (Lipinski definition) is 2. The molecule has 0 spiro atoms. The van der Waals surface area contributed by atoms with Gasteiger partial charge in [-0.1, -0.05) is 13.3 Å². The van der Waals surface area contributed by atoms with E-state index in [-0.39, 0.29) is 0 Å². The Morgan fingerprint density at radius 2 is 2.46 bits per heavy atom. The average Bonchev–Trinajstić information content (AvgIpc) is 2.15. The van der Waals surface area contributed by atoms with Gasteiger partial charge in [0.05, 0.1) is 0 Å². The molecule has 0 radical (unpaired) electrons. The van der Waals surface area contributed by atoms with Crippen molar-refractivity contribution in [3.63, 3.8) is 0 Å². The predicted octanol–water partition coefficient (Wildman–Crippen LogP) is 0.433. The summed E-state index contributed by atoms with van der Waals surface area (Å²) in [6.07, 6.45) is 3.66. The summed E-state index contributed by atoms with van der Waals surface area (Å²) in [5, 5.41) is 6.06. The van der Waals surface area contributed by atoms with Crippen LogP contribution in [0.5, 0.6) is 0 Å². The van der Waals surface area contributed by atoms with Crippen LogP contribution in [0.15, 0.2) is 0 Å². The molecule has 1 fully saturated rings. The molecule has 0 aromatic heterocycles. The molecule has 2 atom stereocenters. The van der Waals surface area contributed by atoms with Gasteiger partial charge in [0.15, 0.2) is 0 Å². The van der Waals surface area contributed by atoms with Crippen molar-refractivity contribution in [3.05, 3.63) is 0 Å². The molecular formula is C9H19N3O. The van der Waals surface area contributed by atoms with Gasteiger partial charge in [0.2, 0.25) is 0 Å². The van der Waals surface area contributed by atoms with Gasteiger partial charge < -0.3 is 16.4 Å². The normalized spacial score (nSPS) is 28.4. The summed E-state index contributed by atoms with van der Waals surface area (Å²) < 4.78 is 0. The highest BCUT2D eigenvalue weighted by Gasteiger charge is 2.22. The van der Waals surface area contributed by atoms with Crippen LogP contribution in [0.3, 0.4) is 0 Å². The molecule has 2 unspecified atom stereocenters. The van der Waals surface area contributed by atoms with E-state index in [1.807, 2.05) is 0 Å². The SMILES string of the molecule is CCC1CCCNC1CNC(N)=O. The second-order valence-electron chi connectivity index (χ2n) is 3.62. The highest BCUT2D eigenvalue weighted by molar-refractivity contribution is 5.71. The Hall–Kier alpha value is -0.770. The van der Waals surface area contributed by atoms with Crippen molar-refractivity contribution in [2.45, 2.75) is 32.2 Å². The van der Waals surface area contributed by atoms with Crippen LogP contribution in [-0.4, -0.2) is 25.2 Å². The Labute approximate surface area is 79.3 Å². The molecule has 0 aliphatic carbocycles. The van der Waals surface area contributed by atoms with E-state index in [4.69, 9.17) is 5.73 Å². The molecule has 2 amide bonds. The summed E-state index contributed by atoms with van der Waals surface area (Å²) in [5.41, 5.74) is 5.02. The number of urea groups is 1. The molecule has 0 aromatic carbocycles. The van der Waals surface area contributed by atoms with E-state index in [0.29, 0.717) is 18.5 Å². The highest BCUT2D eigenvalue weighted by Crippen LogP contribution is 2.18. The monoisotopic (exact) mass is 185 g/mol. The van der Waals surface area contributed by atoms with Gasteiger partial charge in [-0.25, -0.2) is 4.79 Å². The van der Waals surface area contributed by atoms with Gasteiger partial charge in [-0.05, 0) is 25.3 Å². The van der Waals surface area contributed by atoms with Gasteiger partial charge in [0.25, 0.3) is 0 Å². The molecular weight excluding hydrogens is 166 g/mol. The van der Waals surface area contributed by atoms with Crippen molar-refractivity contribution in [1.82, 2.24) is 10.6 Å². The lowest BCUT2D eigenvalue weighted by atomic mass is 9.89. The van der Waals surface area contributed by atoms with Crippen molar-refractivity contribution >= 4 is 6.03 Å². The number of carbonyl (C=O) groups excluding carboxylic acids is 1. The first kappa shape index (κ1) is 10.3. The number of nitrogens with one attached hydrogen (secondary N) is 2. The summed E-state index contributed by atoms with van der Waals surface area (Å²) in [5.74, 6) is 0.681. The molecule has 0 bridgehead atoms. The van der Waals surface area contributed by atoms with Crippen molar-refractivity contribution in [3.8, 4) is 0 Å². The molecule has 1 aliphatic heterocycles. The van der Waals surface area contributed by atoms with E-state index in [1.165, 1.54) is 12.8 Å². The number of hydrogen-bond donors (Lipinski definition) is 3. The Morgan fingerprint density at radius 3 is 3.08 bits per heavy atom. The number of piperidine rings is 1. The van der Waals surface area contributed by atoms with E-state index in [9.17, 15) is 4.79 Å². The molecule has 76 valence electrons. The fraction of sp³-hybridized carbons (Fsp3) is 0.889. The first-order chi connectivity index (χ1) is 6.24. The lowest BCUT2D eigenvalue weighted by Gasteiger charge is -2.31. The number of rotatable bonds is 3. The molecule has 1 saturated heterocycles. The second kappa shape index (κ2) is 5.07. The molecule has 1 heterocycles. The lowest BCUT2D eigenvalue weighted by molar-refractivity contribution is 0.237. The largest absolute Gasteiger partial charge is 0.352 e. The number of amides is 2. The summed E-state index contributed by atoms with van der Waals surface area (Å²) in [4.78, 5) is 10.5. The Balaban J connectivity index is 2.31. The quantitative estimate of drug-likeness (QED) is 0.597. The number of carbonyl (C=O) groups is 1. The Kier molecular flexibility index (Phi) is 4.02. The van der Waals surface area contributed by atoms with E-state index in [2.05, 4.69) is 17.6 Å². The maximum atomic E-state index is 10.5. The maximum Gasteiger partial charge on any atom is 0.312 e. The number of primary amides is 1. The molecule has 0 aromatic rings.